The highest BCUT2D eigenvalue weighted by molar-refractivity contribution is 7.89. The van der Waals surface area contributed by atoms with Gasteiger partial charge in [0.25, 0.3) is 0 Å². The Balaban J connectivity index is 1.47. The number of carbonyl (C=O) groups excluding carboxylic acids is 1. The first kappa shape index (κ1) is 26.7. The van der Waals surface area contributed by atoms with Gasteiger partial charge in [0.2, 0.25) is 15.9 Å². The van der Waals surface area contributed by atoms with Crippen molar-refractivity contribution in [1.82, 2.24) is 9.21 Å². The van der Waals surface area contributed by atoms with Crippen LogP contribution in [0.25, 0.3) is 0 Å². The molecule has 0 spiro atoms. The largest absolute Gasteiger partial charge is 0.416 e. The maximum atomic E-state index is 13.4. The SMILES string of the molecule is Cc1ccc(CN(CC(=O)N2CCN(c3cccc(C(F)(F)F)c3)CC2)S(=O)(=O)c2ccccc2)cc1. The Morgan fingerprint density at radius 1 is 0.892 bits per heavy atom. The first-order valence-electron chi connectivity index (χ1n) is 11.8. The number of amides is 1. The van der Waals surface area contributed by atoms with Crippen molar-refractivity contribution >= 4 is 21.6 Å². The summed E-state index contributed by atoms with van der Waals surface area (Å²) in [5.74, 6) is -0.352. The van der Waals surface area contributed by atoms with E-state index in [2.05, 4.69) is 0 Å². The minimum Gasteiger partial charge on any atom is -0.368 e. The predicted molar refractivity (Wildman–Crippen MR) is 135 cm³/mol. The van der Waals surface area contributed by atoms with Gasteiger partial charge < -0.3 is 9.80 Å². The van der Waals surface area contributed by atoms with Gasteiger partial charge in [-0.05, 0) is 42.8 Å². The van der Waals surface area contributed by atoms with E-state index in [1.165, 1.54) is 22.5 Å². The van der Waals surface area contributed by atoms with Crippen LogP contribution in [0.5, 0.6) is 0 Å². The molecule has 0 radical (unpaired) electrons. The number of anilines is 1. The van der Waals surface area contributed by atoms with E-state index in [4.69, 9.17) is 0 Å². The summed E-state index contributed by atoms with van der Waals surface area (Å²) in [4.78, 5) is 16.7. The van der Waals surface area contributed by atoms with Crippen molar-refractivity contribution in [2.24, 2.45) is 0 Å². The molecule has 6 nitrogen and oxygen atoms in total. The average molecular weight is 532 g/mol. The molecule has 0 unspecified atom stereocenters. The van der Waals surface area contributed by atoms with E-state index in [-0.39, 0.29) is 37.0 Å². The Hall–Kier alpha value is -3.37. The first-order chi connectivity index (χ1) is 17.5. The Kier molecular flexibility index (Phi) is 7.89. The average Bonchev–Trinajstić information content (AvgIpc) is 2.89. The summed E-state index contributed by atoms with van der Waals surface area (Å²) in [5, 5.41) is 0. The molecule has 0 N–H and O–H groups in total. The molecule has 3 aromatic rings. The molecule has 196 valence electrons. The third-order valence-electron chi connectivity index (χ3n) is 6.34. The van der Waals surface area contributed by atoms with E-state index in [9.17, 15) is 26.4 Å². The molecule has 1 aliphatic heterocycles. The molecule has 4 rings (SSSR count). The summed E-state index contributed by atoms with van der Waals surface area (Å²) in [6, 6.07) is 20.5. The number of hydrogen-bond donors (Lipinski definition) is 0. The van der Waals surface area contributed by atoms with E-state index in [1.807, 2.05) is 31.2 Å². The summed E-state index contributed by atoms with van der Waals surface area (Å²) >= 11 is 0. The van der Waals surface area contributed by atoms with Gasteiger partial charge in [-0.3, -0.25) is 4.79 Å². The fourth-order valence-electron chi connectivity index (χ4n) is 4.21. The zero-order valence-corrected chi connectivity index (χ0v) is 21.2. The molecule has 1 fully saturated rings. The van der Waals surface area contributed by atoms with E-state index in [1.54, 1.807) is 34.1 Å². The zero-order valence-electron chi connectivity index (χ0n) is 20.4. The summed E-state index contributed by atoms with van der Waals surface area (Å²) in [6.07, 6.45) is -4.43. The quantitative estimate of drug-likeness (QED) is 0.449. The summed E-state index contributed by atoms with van der Waals surface area (Å²) < 4.78 is 67.3. The fourth-order valence-corrected chi connectivity index (χ4v) is 5.61. The van der Waals surface area contributed by atoms with Gasteiger partial charge in [-0.15, -0.1) is 0 Å². The number of nitrogens with zero attached hydrogens (tertiary/aromatic N) is 3. The molecule has 0 bridgehead atoms. The Morgan fingerprint density at radius 3 is 2.16 bits per heavy atom. The van der Waals surface area contributed by atoms with Crippen LogP contribution < -0.4 is 4.90 Å². The van der Waals surface area contributed by atoms with Crippen LogP contribution in [0.2, 0.25) is 0 Å². The van der Waals surface area contributed by atoms with Crippen LogP contribution in [-0.2, 0) is 27.5 Å². The second-order valence-electron chi connectivity index (χ2n) is 8.99. The molecule has 0 atom stereocenters. The Bertz CT molecular complexity index is 1320. The smallest absolute Gasteiger partial charge is 0.368 e. The van der Waals surface area contributed by atoms with E-state index < -0.39 is 21.8 Å². The molecule has 3 aromatic carbocycles. The molecule has 0 saturated carbocycles. The molecule has 0 aliphatic carbocycles. The van der Waals surface area contributed by atoms with Crippen molar-refractivity contribution in [2.75, 3.05) is 37.6 Å². The number of alkyl halides is 3. The van der Waals surface area contributed by atoms with Crippen molar-refractivity contribution < 1.29 is 26.4 Å². The molecule has 1 heterocycles. The summed E-state index contributed by atoms with van der Waals surface area (Å²) in [6.45, 7) is 2.87. The molecule has 0 aromatic heterocycles. The standard InChI is InChI=1S/C27H28F3N3O3S/c1-21-10-12-22(13-11-21)19-33(37(35,36)25-8-3-2-4-9-25)20-26(34)32-16-14-31(15-17-32)24-7-5-6-23(18-24)27(28,29)30/h2-13,18H,14-17,19-20H2,1H3. The van der Waals surface area contributed by atoms with Crippen LogP contribution in [-0.4, -0.2) is 56.3 Å². The van der Waals surface area contributed by atoms with Crippen molar-refractivity contribution in [1.29, 1.82) is 0 Å². The lowest BCUT2D eigenvalue weighted by molar-refractivity contribution is -0.137. The van der Waals surface area contributed by atoms with Gasteiger partial charge in [0.05, 0.1) is 17.0 Å². The van der Waals surface area contributed by atoms with Gasteiger partial charge >= 0.3 is 6.18 Å². The monoisotopic (exact) mass is 531 g/mol. The van der Waals surface area contributed by atoms with Gasteiger partial charge in [-0.1, -0.05) is 54.1 Å². The third kappa shape index (κ3) is 6.50. The maximum absolute atomic E-state index is 13.4. The van der Waals surface area contributed by atoms with Crippen molar-refractivity contribution in [3.8, 4) is 0 Å². The van der Waals surface area contributed by atoms with Crippen LogP contribution in [0.3, 0.4) is 0 Å². The van der Waals surface area contributed by atoms with Crippen LogP contribution in [0.1, 0.15) is 16.7 Å². The minimum atomic E-state index is -4.43. The number of carbonyl (C=O) groups is 1. The number of halogens is 3. The molecule has 10 heteroatoms. The Labute approximate surface area is 215 Å². The molecular formula is C27H28F3N3O3S. The highest BCUT2D eigenvalue weighted by Crippen LogP contribution is 2.32. The lowest BCUT2D eigenvalue weighted by Crippen LogP contribution is -2.51. The number of sulfonamides is 1. The Morgan fingerprint density at radius 2 is 1.54 bits per heavy atom. The van der Waals surface area contributed by atoms with Gasteiger partial charge in [-0.25, -0.2) is 8.42 Å². The molecule has 1 aliphatic rings. The van der Waals surface area contributed by atoms with Crippen LogP contribution in [0, 0.1) is 6.92 Å². The topological polar surface area (TPSA) is 60.9 Å². The maximum Gasteiger partial charge on any atom is 0.416 e. The lowest BCUT2D eigenvalue weighted by atomic mass is 10.1. The summed E-state index contributed by atoms with van der Waals surface area (Å²) in [5.41, 5.74) is 1.51. The number of piperazine rings is 1. The number of benzene rings is 3. The van der Waals surface area contributed by atoms with Gasteiger partial charge in [0.1, 0.15) is 0 Å². The molecule has 1 amide bonds. The highest BCUT2D eigenvalue weighted by Gasteiger charge is 2.32. The number of hydrogen-bond acceptors (Lipinski definition) is 4. The number of rotatable bonds is 7. The van der Waals surface area contributed by atoms with E-state index in [0.29, 0.717) is 18.8 Å². The van der Waals surface area contributed by atoms with Crippen LogP contribution >= 0.6 is 0 Å². The molecule has 37 heavy (non-hydrogen) atoms. The predicted octanol–water partition coefficient (Wildman–Crippen LogP) is 4.55. The normalized spacial score (nSPS) is 14.7. The van der Waals surface area contributed by atoms with Crippen molar-refractivity contribution in [2.45, 2.75) is 24.5 Å². The second kappa shape index (κ2) is 10.9. The van der Waals surface area contributed by atoms with Crippen molar-refractivity contribution in [3.05, 3.63) is 95.6 Å². The minimum absolute atomic E-state index is 0.0352. The molecule has 1 saturated heterocycles. The van der Waals surface area contributed by atoms with Gasteiger partial charge in [-0.2, -0.15) is 17.5 Å². The van der Waals surface area contributed by atoms with E-state index in [0.717, 1.165) is 23.3 Å². The number of aryl methyl sites for hydroxylation is 1. The second-order valence-corrected chi connectivity index (χ2v) is 10.9. The van der Waals surface area contributed by atoms with Gasteiger partial charge in [0, 0.05) is 38.4 Å². The fraction of sp³-hybridized carbons (Fsp3) is 0.296. The highest BCUT2D eigenvalue weighted by atomic mass is 32.2. The third-order valence-corrected chi connectivity index (χ3v) is 8.15. The van der Waals surface area contributed by atoms with Crippen LogP contribution in [0.15, 0.2) is 83.8 Å². The van der Waals surface area contributed by atoms with E-state index >= 15 is 0 Å². The van der Waals surface area contributed by atoms with Crippen LogP contribution in [0.4, 0.5) is 18.9 Å². The lowest BCUT2D eigenvalue weighted by Gasteiger charge is -2.37. The first-order valence-corrected chi connectivity index (χ1v) is 13.3. The van der Waals surface area contributed by atoms with Gasteiger partial charge in [0.15, 0.2) is 0 Å². The zero-order chi connectivity index (χ0) is 26.6. The summed E-state index contributed by atoms with van der Waals surface area (Å²) in [7, 11) is -3.95. The molecular weight excluding hydrogens is 503 g/mol. The van der Waals surface area contributed by atoms with Crippen molar-refractivity contribution in [3.63, 3.8) is 0 Å².